The predicted molar refractivity (Wildman–Crippen MR) is 130 cm³/mol. The third-order valence-corrected chi connectivity index (χ3v) is 5.85. The highest BCUT2D eigenvalue weighted by Gasteiger charge is 2.40. The average molecular weight is 483 g/mol. The summed E-state index contributed by atoms with van der Waals surface area (Å²) in [7, 11) is 0. The van der Waals surface area contributed by atoms with Crippen LogP contribution in [-0.4, -0.2) is 50.5 Å². The average Bonchev–Trinajstić information content (AvgIpc) is 2.78. The number of aromatic nitrogens is 3. The molecular formula is C24H27ClN6O3. The number of carbonyl (C=O) groups excluding carboxylic acids is 2. The Hall–Kier alpha value is -3.46. The van der Waals surface area contributed by atoms with E-state index in [4.69, 9.17) is 22.1 Å². The Kier molecular flexibility index (Phi) is 6.31. The van der Waals surface area contributed by atoms with E-state index in [1.165, 1.54) is 12.4 Å². The van der Waals surface area contributed by atoms with Crippen LogP contribution in [0, 0.1) is 0 Å². The lowest BCUT2D eigenvalue weighted by atomic mass is 9.82. The van der Waals surface area contributed by atoms with Gasteiger partial charge >= 0.3 is 6.09 Å². The van der Waals surface area contributed by atoms with Gasteiger partial charge in [0.05, 0.1) is 17.6 Å². The van der Waals surface area contributed by atoms with Crippen molar-refractivity contribution in [3.63, 3.8) is 0 Å². The van der Waals surface area contributed by atoms with E-state index in [-0.39, 0.29) is 16.8 Å². The molecule has 3 N–H and O–H groups in total. The summed E-state index contributed by atoms with van der Waals surface area (Å²) in [6.07, 6.45) is 2.44. The fraction of sp³-hybridized carbons (Fsp3) is 0.375. The number of anilines is 1. The first kappa shape index (κ1) is 23.7. The number of likely N-dealkylation sites (tertiary alicyclic amines) is 1. The van der Waals surface area contributed by atoms with Gasteiger partial charge < -0.3 is 20.7 Å². The molecule has 0 bridgehead atoms. The molecule has 3 heterocycles. The number of hydrogen-bond donors (Lipinski definition) is 2. The second-order valence-electron chi connectivity index (χ2n) is 9.35. The molecule has 3 aromatic rings. The number of amides is 2. The molecule has 0 saturated carbocycles. The summed E-state index contributed by atoms with van der Waals surface area (Å²) >= 11 is 6.19. The van der Waals surface area contributed by atoms with Gasteiger partial charge in [-0.1, -0.05) is 41.9 Å². The fourth-order valence-corrected chi connectivity index (χ4v) is 4.41. The van der Waals surface area contributed by atoms with Crippen molar-refractivity contribution in [2.45, 2.75) is 44.8 Å². The summed E-state index contributed by atoms with van der Waals surface area (Å²) < 4.78 is 5.64. The van der Waals surface area contributed by atoms with Crippen molar-refractivity contribution in [1.29, 1.82) is 0 Å². The molecule has 1 saturated heterocycles. The highest BCUT2D eigenvalue weighted by atomic mass is 35.5. The first-order valence-corrected chi connectivity index (χ1v) is 11.4. The van der Waals surface area contributed by atoms with Crippen molar-refractivity contribution in [3.05, 3.63) is 59.0 Å². The van der Waals surface area contributed by atoms with Crippen LogP contribution in [0.25, 0.3) is 11.0 Å². The number of rotatable bonds is 4. The van der Waals surface area contributed by atoms with Gasteiger partial charge in [0.25, 0.3) is 5.91 Å². The number of piperidine rings is 1. The maximum Gasteiger partial charge on any atom is 0.410 e. The molecule has 0 radical (unpaired) electrons. The van der Waals surface area contributed by atoms with Crippen molar-refractivity contribution in [2.75, 3.05) is 18.4 Å². The lowest BCUT2D eigenvalue weighted by Crippen LogP contribution is -2.53. The standard InChI is InChI=1S/C24H27ClN6O3/c1-23(2,3)34-22(33)31-11-7-10-24(13-31,15-8-5-4-6-9-15)30-21-19-18(27-14-28-21)16(20(26)32)12-17(25)29-19/h4-6,8-9,12,14H,7,10-11,13H2,1-3H3,(H2,26,32)(H,27,28,30). The number of benzene rings is 1. The molecular weight excluding hydrogens is 456 g/mol. The van der Waals surface area contributed by atoms with E-state index in [1.54, 1.807) is 4.90 Å². The van der Waals surface area contributed by atoms with Crippen LogP contribution in [0.2, 0.25) is 5.15 Å². The minimum atomic E-state index is -0.686. The number of primary amides is 1. The lowest BCUT2D eigenvalue weighted by molar-refractivity contribution is 0.0152. The second kappa shape index (κ2) is 9.06. The first-order valence-electron chi connectivity index (χ1n) is 11.0. The maximum atomic E-state index is 12.9. The third-order valence-electron chi connectivity index (χ3n) is 5.65. The molecule has 34 heavy (non-hydrogen) atoms. The zero-order chi connectivity index (χ0) is 24.5. The van der Waals surface area contributed by atoms with Crippen LogP contribution in [0.5, 0.6) is 0 Å². The van der Waals surface area contributed by atoms with Crippen molar-refractivity contribution >= 4 is 40.5 Å². The molecule has 0 spiro atoms. The molecule has 1 unspecified atom stereocenters. The Morgan fingerprint density at radius 2 is 1.91 bits per heavy atom. The summed E-state index contributed by atoms with van der Waals surface area (Å²) in [5.41, 5.74) is 6.02. The van der Waals surface area contributed by atoms with Crippen LogP contribution in [-0.2, 0) is 10.3 Å². The van der Waals surface area contributed by atoms with Crippen molar-refractivity contribution in [3.8, 4) is 0 Å². The Morgan fingerprint density at radius 1 is 1.18 bits per heavy atom. The summed E-state index contributed by atoms with van der Waals surface area (Å²) in [5, 5.41) is 3.62. The van der Waals surface area contributed by atoms with E-state index in [2.05, 4.69) is 20.3 Å². The van der Waals surface area contributed by atoms with Gasteiger partial charge in [-0.2, -0.15) is 0 Å². The molecule has 0 aliphatic carbocycles. The highest BCUT2D eigenvalue weighted by Crippen LogP contribution is 2.37. The van der Waals surface area contributed by atoms with E-state index in [0.29, 0.717) is 29.9 Å². The number of nitrogens with one attached hydrogen (secondary N) is 1. The number of carbonyl (C=O) groups is 2. The van der Waals surface area contributed by atoms with Gasteiger partial charge in [0.2, 0.25) is 0 Å². The molecule has 4 rings (SSSR count). The van der Waals surface area contributed by atoms with E-state index < -0.39 is 17.0 Å². The number of nitrogens with two attached hydrogens (primary N) is 1. The number of hydrogen-bond acceptors (Lipinski definition) is 7. The van der Waals surface area contributed by atoms with Crippen LogP contribution in [0.15, 0.2) is 42.7 Å². The summed E-state index contributed by atoms with van der Waals surface area (Å²) in [6.45, 7) is 6.45. The Morgan fingerprint density at radius 3 is 2.59 bits per heavy atom. The van der Waals surface area contributed by atoms with Gasteiger partial charge in [-0.3, -0.25) is 4.79 Å². The Bertz CT molecular complexity index is 1230. The largest absolute Gasteiger partial charge is 0.444 e. The van der Waals surface area contributed by atoms with Crippen LogP contribution in [0.1, 0.15) is 49.5 Å². The predicted octanol–water partition coefficient (Wildman–Crippen LogP) is 4.12. The first-order chi connectivity index (χ1) is 16.1. The summed E-state index contributed by atoms with van der Waals surface area (Å²) in [6, 6.07) is 11.2. The number of pyridine rings is 1. The van der Waals surface area contributed by atoms with Gasteiger partial charge in [0.1, 0.15) is 28.1 Å². The number of fused-ring (bicyclic) bond motifs is 1. The number of ether oxygens (including phenoxy) is 1. The van der Waals surface area contributed by atoms with Crippen LogP contribution in [0.3, 0.4) is 0 Å². The molecule has 1 aliphatic heterocycles. The number of halogens is 1. The van der Waals surface area contributed by atoms with Gasteiger partial charge in [-0.15, -0.1) is 0 Å². The fourth-order valence-electron chi connectivity index (χ4n) is 4.22. The highest BCUT2D eigenvalue weighted by molar-refractivity contribution is 6.30. The normalized spacial score (nSPS) is 18.5. The van der Waals surface area contributed by atoms with E-state index in [9.17, 15) is 9.59 Å². The maximum absolute atomic E-state index is 12.9. The quantitative estimate of drug-likeness (QED) is 0.536. The topological polar surface area (TPSA) is 123 Å². The Labute approximate surface area is 202 Å². The van der Waals surface area contributed by atoms with Gasteiger partial charge in [0.15, 0.2) is 5.82 Å². The molecule has 2 aromatic heterocycles. The summed E-state index contributed by atoms with van der Waals surface area (Å²) in [5.74, 6) is -0.268. The van der Waals surface area contributed by atoms with Crippen LogP contribution < -0.4 is 11.1 Å². The molecule has 2 amide bonds. The van der Waals surface area contributed by atoms with Gasteiger partial charge in [-0.25, -0.2) is 19.7 Å². The molecule has 1 aliphatic rings. The van der Waals surface area contributed by atoms with Gasteiger partial charge in [0, 0.05) is 6.54 Å². The van der Waals surface area contributed by atoms with E-state index >= 15 is 0 Å². The molecule has 178 valence electrons. The smallest absolute Gasteiger partial charge is 0.410 e. The Balaban J connectivity index is 1.79. The van der Waals surface area contributed by atoms with E-state index in [1.807, 2.05) is 51.1 Å². The lowest BCUT2D eigenvalue weighted by Gasteiger charge is -2.44. The summed E-state index contributed by atoms with van der Waals surface area (Å²) in [4.78, 5) is 39.6. The van der Waals surface area contributed by atoms with Gasteiger partial charge in [-0.05, 0) is 45.2 Å². The van der Waals surface area contributed by atoms with Crippen LogP contribution >= 0.6 is 11.6 Å². The molecule has 1 fully saturated rings. The zero-order valence-electron chi connectivity index (χ0n) is 19.3. The molecule has 9 nitrogen and oxygen atoms in total. The monoisotopic (exact) mass is 482 g/mol. The van der Waals surface area contributed by atoms with Crippen molar-refractivity contribution in [2.24, 2.45) is 5.73 Å². The second-order valence-corrected chi connectivity index (χ2v) is 9.74. The van der Waals surface area contributed by atoms with E-state index in [0.717, 1.165) is 18.4 Å². The zero-order valence-corrected chi connectivity index (χ0v) is 20.1. The molecule has 10 heteroatoms. The minimum absolute atomic E-state index is 0.104. The van der Waals surface area contributed by atoms with Crippen molar-refractivity contribution < 1.29 is 14.3 Å². The minimum Gasteiger partial charge on any atom is -0.444 e. The molecule has 1 aromatic carbocycles. The third kappa shape index (κ3) is 4.89. The van der Waals surface area contributed by atoms with Crippen molar-refractivity contribution in [1.82, 2.24) is 19.9 Å². The number of nitrogens with zero attached hydrogens (tertiary/aromatic N) is 4. The molecule has 1 atom stereocenters. The SMILES string of the molecule is CC(C)(C)OC(=O)N1CCCC(Nc2ncnc3c(C(N)=O)cc(Cl)nc23)(c2ccccc2)C1. The van der Waals surface area contributed by atoms with Crippen LogP contribution in [0.4, 0.5) is 10.6 Å².